The fraction of sp³-hybridized carbons (Fsp3) is 0.385. The molecule has 5 nitrogen and oxygen atoms in total. The van der Waals surface area contributed by atoms with Crippen LogP contribution in [0.4, 0.5) is 0 Å². The molecule has 0 atom stereocenters. The molecule has 0 aliphatic carbocycles. The van der Waals surface area contributed by atoms with Gasteiger partial charge in [0, 0.05) is 6.07 Å². The normalized spacial score (nSPS) is 9.78. The van der Waals surface area contributed by atoms with Gasteiger partial charge in [-0.3, -0.25) is 4.79 Å². The highest BCUT2D eigenvalue weighted by Gasteiger charge is 2.23. The number of ether oxygens (including phenoxy) is 3. The molecule has 0 amide bonds. The van der Waals surface area contributed by atoms with Gasteiger partial charge in [-0.15, -0.1) is 0 Å². The largest absolute Gasteiger partial charge is 0.496 e. The average Bonchev–Trinajstić information content (AvgIpc) is 2.37. The Morgan fingerprint density at radius 2 is 1.72 bits per heavy atom. The molecule has 0 spiro atoms. The van der Waals surface area contributed by atoms with Crippen LogP contribution in [0.1, 0.15) is 22.8 Å². The quantitative estimate of drug-likeness (QED) is 0.454. The van der Waals surface area contributed by atoms with Crippen molar-refractivity contribution in [2.45, 2.75) is 13.8 Å². The molecular formula is C13H16O5. The van der Waals surface area contributed by atoms with E-state index in [4.69, 9.17) is 9.47 Å². The second-order valence-electron chi connectivity index (χ2n) is 3.57. The summed E-state index contributed by atoms with van der Waals surface area (Å²) in [5.74, 6) is -0.734. The van der Waals surface area contributed by atoms with E-state index in [-0.39, 0.29) is 17.9 Å². The van der Waals surface area contributed by atoms with Crippen LogP contribution in [0.5, 0.6) is 11.5 Å². The van der Waals surface area contributed by atoms with Gasteiger partial charge in [-0.05, 0) is 25.5 Å². The summed E-state index contributed by atoms with van der Waals surface area (Å²) in [6.07, 6.45) is 0. The van der Waals surface area contributed by atoms with E-state index in [1.165, 1.54) is 14.2 Å². The fourth-order valence-corrected chi connectivity index (χ4v) is 1.54. The van der Waals surface area contributed by atoms with Crippen molar-refractivity contribution in [2.75, 3.05) is 20.8 Å². The Morgan fingerprint density at radius 3 is 2.22 bits per heavy atom. The lowest BCUT2D eigenvalue weighted by Gasteiger charge is -2.11. The molecule has 0 N–H and O–H groups in total. The molecular weight excluding hydrogens is 236 g/mol. The van der Waals surface area contributed by atoms with Crippen LogP contribution in [0.2, 0.25) is 0 Å². The number of hydrogen-bond donors (Lipinski definition) is 0. The molecule has 0 saturated heterocycles. The van der Waals surface area contributed by atoms with E-state index < -0.39 is 11.8 Å². The number of methoxy groups -OCH3 is 2. The second-order valence-corrected chi connectivity index (χ2v) is 3.57. The summed E-state index contributed by atoms with van der Waals surface area (Å²) in [6, 6.07) is 3.12. The number of hydrogen-bond acceptors (Lipinski definition) is 5. The van der Waals surface area contributed by atoms with Crippen molar-refractivity contribution in [3.8, 4) is 11.5 Å². The summed E-state index contributed by atoms with van der Waals surface area (Å²) in [4.78, 5) is 23.3. The van der Waals surface area contributed by atoms with Gasteiger partial charge in [0.05, 0.1) is 26.4 Å². The van der Waals surface area contributed by atoms with Crippen LogP contribution < -0.4 is 9.47 Å². The fourth-order valence-electron chi connectivity index (χ4n) is 1.54. The molecule has 0 radical (unpaired) electrons. The Labute approximate surface area is 106 Å². The molecule has 0 aliphatic heterocycles. The van der Waals surface area contributed by atoms with Gasteiger partial charge in [0.15, 0.2) is 0 Å². The van der Waals surface area contributed by atoms with E-state index in [9.17, 15) is 9.59 Å². The zero-order valence-electron chi connectivity index (χ0n) is 10.9. The van der Waals surface area contributed by atoms with Crippen molar-refractivity contribution in [3.63, 3.8) is 0 Å². The van der Waals surface area contributed by atoms with Crippen molar-refractivity contribution < 1.29 is 23.8 Å². The van der Waals surface area contributed by atoms with E-state index in [1.807, 2.05) is 0 Å². The van der Waals surface area contributed by atoms with E-state index in [0.717, 1.165) is 5.56 Å². The first-order chi connectivity index (χ1) is 8.54. The van der Waals surface area contributed by atoms with Crippen LogP contribution in [0.15, 0.2) is 12.1 Å². The molecule has 0 aliphatic rings. The van der Waals surface area contributed by atoms with Gasteiger partial charge in [-0.25, -0.2) is 4.79 Å². The summed E-state index contributed by atoms with van der Waals surface area (Å²) < 4.78 is 14.9. The number of rotatable bonds is 5. The summed E-state index contributed by atoms with van der Waals surface area (Å²) >= 11 is 0. The lowest BCUT2D eigenvalue weighted by molar-refractivity contribution is -0.137. The van der Waals surface area contributed by atoms with Gasteiger partial charge in [-0.2, -0.15) is 0 Å². The third-order valence-corrected chi connectivity index (χ3v) is 2.42. The minimum absolute atomic E-state index is 0.155. The monoisotopic (exact) mass is 252 g/mol. The minimum Gasteiger partial charge on any atom is -0.496 e. The number of ketones is 1. The third-order valence-electron chi connectivity index (χ3n) is 2.42. The van der Waals surface area contributed by atoms with E-state index in [2.05, 4.69) is 4.74 Å². The Kier molecular flexibility index (Phi) is 4.71. The van der Waals surface area contributed by atoms with E-state index in [0.29, 0.717) is 5.75 Å². The number of Topliss-reactive ketones (excluding diaryl/α,β-unsaturated/α-hetero) is 1. The number of benzene rings is 1. The van der Waals surface area contributed by atoms with Gasteiger partial charge < -0.3 is 14.2 Å². The predicted octanol–water partition coefficient (Wildman–Crippen LogP) is 1.76. The Balaban J connectivity index is 3.19. The highest BCUT2D eigenvalue weighted by Crippen LogP contribution is 2.29. The van der Waals surface area contributed by atoms with Gasteiger partial charge in [0.1, 0.15) is 11.5 Å². The maximum Gasteiger partial charge on any atom is 0.379 e. The van der Waals surface area contributed by atoms with Crippen molar-refractivity contribution in [2.24, 2.45) is 0 Å². The molecule has 0 aromatic heterocycles. The summed E-state index contributed by atoms with van der Waals surface area (Å²) in [5, 5.41) is 0. The predicted molar refractivity (Wildman–Crippen MR) is 65.2 cm³/mol. The van der Waals surface area contributed by atoms with Gasteiger partial charge in [-0.1, -0.05) is 0 Å². The molecule has 98 valence electrons. The smallest absolute Gasteiger partial charge is 0.379 e. The molecule has 5 heteroatoms. The summed E-state index contributed by atoms with van der Waals surface area (Å²) in [6.45, 7) is 3.57. The van der Waals surface area contributed by atoms with Crippen LogP contribution in [0.25, 0.3) is 0 Å². The first-order valence-electron chi connectivity index (χ1n) is 5.49. The molecule has 1 rings (SSSR count). The van der Waals surface area contributed by atoms with E-state index >= 15 is 0 Å². The van der Waals surface area contributed by atoms with E-state index in [1.54, 1.807) is 26.0 Å². The molecule has 1 aromatic carbocycles. The zero-order chi connectivity index (χ0) is 13.7. The molecule has 18 heavy (non-hydrogen) atoms. The number of aryl methyl sites for hydroxylation is 1. The van der Waals surface area contributed by atoms with Crippen molar-refractivity contribution in [3.05, 3.63) is 23.3 Å². The topological polar surface area (TPSA) is 61.8 Å². The maximum atomic E-state index is 11.9. The second kappa shape index (κ2) is 6.05. The van der Waals surface area contributed by atoms with Crippen LogP contribution in [0.3, 0.4) is 0 Å². The van der Waals surface area contributed by atoms with Gasteiger partial charge in [0.2, 0.25) is 0 Å². The SMILES string of the molecule is CCOC(=O)C(=O)c1cc(C)c(OC)cc1OC. The summed E-state index contributed by atoms with van der Waals surface area (Å²) in [7, 11) is 2.95. The Bertz CT molecular complexity index is 465. The molecule has 0 fully saturated rings. The highest BCUT2D eigenvalue weighted by atomic mass is 16.5. The standard InChI is InChI=1S/C13H16O5/c1-5-18-13(15)12(14)9-6-8(2)10(16-3)7-11(9)17-4/h6-7H,5H2,1-4H3. The van der Waals surface area contributed by atoms with Crippen molar-refractivity contribution >= 4 is 11.8 Å². The van der Waals surface area contributed by atoms with Gasteiger partial charge in [0.25, 0.3) is 5.78 Å². The molecule has 0 heterocycles. The molecule has 0 saturated carbocycles. The first-order valence-corrected chi connectivity index (χ1v) is 5.49. The maximum absolute atomic E-state index is 11.9. The van der Waals surface area contributed by atoms with Gasteiger partial charge >= 0.3 is 5.97 Å². The van der Waals surface area contributed by atoms with Crippen LogP contribution in [-0.4, -0.2) is 32.6 Å². The summed E-state index contributed by atoms with van der Waals surface area (Å²) in [5.41, 5.74) is 0.917. The van der Waals surface area contributed by atoms with Crippen LogP contribution >= 0.6 is 0 Å². The number of carbonyl (C=O) groups excluding carboxylic acids is 2. The highest BCUT2D eigenvalue weighted by molar-refractivity contribution is 6.41. The lowest BCUT2D eigenvalue weighted by Crippen LogP contribution is -2.18. The third kappa shape index (κ3) is 2.80. The number of esters is 1. The van der Waals surface area contributed by atoms with Crippen molar-refractivity contribution in [1.29, 1.82) is 0 Å². The lowest BCUT2D eigenvalue weighted by atomic mass is 10.1. The Morgan fingerprint density at radius 1 is 1.11 bits per heavy atom. The molecule has 1 aromatic rings. The molecule has 0 unspecified atom stereocenters. The zero-order valence-corrected chi connectivity index (χ0v) is 10.9. The first kappa shape index (κ1) is 14.0. The van der Waals surface area contributed by atoms with Crippen molar-refractivity contribution in [1.82, 2.24) is 0 Å². The molecule has 0 bridgehead atoms. The minimum atomic E-state index is -0.889. The van der Waals surface area contributed by atoms with Crippen LogP contribution in [0, 0.1) is 6.92 Å². The average molecular weight is 252 g/mol. The Hall–Kier alpha value is -2.04. The number of carbonyl (C=O) groups is 2. The van der Waals surface area contributed by atoms with Crippen LogP contribution in [-0.2, 0) is 9.53 Å².